The Labute approximate surface area is 196 Å². The van der Waals surface area contributed by atoms with Crippen LogP contribution in [0.15, 0.2) is 0 Å². The molecular weight excluding hydrogens is 396 g/mol. The Morgan fingerprint density at radius 2 is 1.66 bits per heavy atom. The SMILES string of the molecule is CC(=O)OC1C(=O)C2C3CCC(C(C)CCCC(C)C)C3(C)CCC2C2(C)CCCCC12. The number of hydrogen-bond acceptors (Lipinski definition) is 3. The first-order valence-electron chi connectivity index (χ1n) is 13.8. The molecule has 182 valence electrons. The van der Waals surface area contributed by atoms with Gasteiger partial charge in [-0.3, -0.25) is 9.59 Å². The van der Waals surface area contributed by atoms with Crippen molar-refractivity contribution in [2.24, 2.45) is 52.3 Å². The summed E-state index contributed by atoms with van der Waals surface area (Å²) in [6, 6.07) is 0. The van der Waals surface area contributed by atoms with Crippen molar-refractivity contribution in [3.8, 4) is 0 Å². The van der Waals surface area contributed by atoms with Gasteiger partial charge in [0.05, 0.1) is 0 Å². The van der Waals surface area contributed by atoms with Crippen molar-refractivity contribution >= 4 is 11.8 Å². The highest BCUT2D eigenvalue weighted by molar-refractivity contribution is 5.89. The van der Waals surface area contributed by atoms with Gasteiger partial charge in [0.15, 0.2) is 11.9 Å². The van der Waals surface area contributed by atoms with Crippen LogP contribution in [-0.4, -0.2) is 17.9 Å². The molecular formula is C29H48O3. The Hall–Kier alpha value is -0.860. The van der Waals surface area contributed by atoms with Gasteiger partial charge in [0, 0.05) is 18.8 Å². The van der Waals surface area contributed by atoms with E-state index in [4.69, 9.17) is 4.74 Å². The van der Waals surface area contributed by atoms with Crippen LogP contribution in [-0.2, 0) is 14.3 Å². The molecule has 9 atom stereocenters. The zero-order chi connectivity index (χ0) is 23.3. The van der Waals surface area contributed by atoms with Crippen LogP contribution >= 0.6 is 0 Å². The second-order valence-electron chi connectivity index (χ2n) is 13.1. The minimum atomic E-state index is -0.496. The van der Waals surface area contributed by atoms with Crippen molar-refractivity contribution in [1.29, 1.82) is 0 Å². The highest BCUT2D eigenvalue weighted by Crippen LogP contribution is 2.68. The lowest BCUT2D eigenvalue weighted by Crippen LogP contribution is -2.62. The third kappa shape index (κ3) is 3.98. The summed E-state index contributed by atoms with van der Waals surface area (Å²) in [5, 5.41) is 0. The molecule has 0 aromatic carbocycles. The number of ketones is 1. The molecule has 9 unspecified atom stereocenters. The molecule has 32 heavy (non-hydrogen) atoms. The van der Waals surface area contributed by atoms with Crippen LogP contribution < -0.4 is 0 Å². The smallest absolute Gasteiger partial charge is 0.303 e. The number of ether oxygens (including phenoxy) is 1. The van der Waals surface area contributed by atoms with Crippen molar-refractivity contribution in [2.45, 2.75) is 118 Å². The predicted octanol–water partition coefficient (Wildman–Crippen LogP) is 7.22. The first-order chi connectivity index (χ1) is 15.1. The van der Waals surface area contributed by atoms with E-state index >= 15 is 0 Å². The number of hydrogen-bond donors (Lipinski definition) is 0. The van der Waals surface area contributed by atoms with Crippen LogP contribution in [0.1, 0.15) is 112 Å². The summed E-state index contributed by atoms with van der Waals surface area (Å²) in [4.78, 5) is 26.0. The van der Waals surface area contributed by atoms with Gasteiger partial charge in [-0.1, -0.05) is 66.7 Å². The molecule has 0 aliphatic heterocycles. The zero-order valence-electron chi connectivity index (χ0n) is 21.6. The summed E-state index contributed by atoms with van der Waals surface area (Å²) in [6.07, 6.45) is 13.1. The largest absolute Gasteiger partial charge is 0.454 e. The Morgan fingerprint density at radius 1 is 0.938 bits per heavy atom. The maximum absolute atomic E-state index is 14.0. The fraction of sp³-hybridized carbons (Fsp3) is 0.931. The van der Waals surface area contributed by atoms with Gasteiger partial charge >= 0.3 is 5.97 Å². The van der Waals surface area contributed by atoms with Gasteiger partial charge in [0.25, 0.3) is 0 Å². The molecule has 3 heteroatoms. The molecule has 4 rings (SSSR count). The fourth-order valence-electron chi connectivity index (χ4n) is 9.35. The van der Waals surface area contributed by atoms with Crippen molar-refractivity contribution in [3.63, 3.8) is 0 Å². The standard InChI is InChI=1S/C29H48O3/c1-18(2)10-9-11-19(3)21-13-14-22-25-23(15-17-29(21,22)6)28(5)16-8-7-12-24(28)27(26(25)31)32-20(4)30/h18-19,21-25,27H,7-17H2,1-6H3. The van der Waals surface area contributed by atoms with Gasteiger partial charge in [-0.05, 0) is 78.9 Å². The average molecular weight is 445 g/mol. The number of rotatable bonds is 6. The molecule has 4 aliphatic rings. The van der Waals surface area contributed by atoms with E-state index in [2.05, 4.69) is 34.6 Å². The van der Waals surface area contributed by atoms with Crippen molar-refractivity contribution in [1.82, 2.24) is 0 Å². The van der Waals surface area contributed by atoms with Crippen LogP contribution in [0, 0.1) is 52.3 Å². The Morgan fingerprint density at radius 3 is 2.34 bits per heavy atom. The van der Waals surface area contributed by atoms with E-state index in [0.29, 0.717) is 17.6 Å². The molecule has 4 saturated carbocycles. The number of Topliss-reactive ketones (excluding diaryl/α,β-unsaturated/α-hetero) is 1. The molecule has 0 N–H and O–H groups in total. The van der Waals surface area contributed by atoms with Crippen LogP contribution in [0.3, 0.4) is 0 Å². The minimum absolute atomic E-state index is 0.102. The van der Waals surface area contributed by atoms with Gasteiger partial charge in [-0.2, -0.15) is 0 Å². The number of fused-ring (bicyclic) bond motifs is 5. The highest BCUT2D eigenvalue weighted by atomic mass is 16.5. The molecule has 0 heterocycles. The summed E-state index contributed by atoms with van der Waals surface area (Å²) >= 11 is 0. The van der Waals surface area contributed by atoms with Crippen LogP contribution in [0.4, 0.5) is 0 Å². The quantitative estimate of drug-likeness (QED) is 0.406. The molecule has 0 amide bonds. The lowest BCUT2D eigenvalue weighted by atomic mass is 9.43. The third-order valence-corrected chi connectivity index (χ3v) is 10.9. The van der Waals surface area contributed by atoms with Gasteiger partial charge in [0.2, 0.25) is 0 Å². The Kier molecular flexibility index (Phi) is 6.87. The van der Waals surface area contributed by atoms with E-state index in [1.807, 2.05) is 0 Å². The summed E-state index contributed by atoms with van der Waals surface area (Å²) in [6.45, 7) is 13.6. The minimum Gasteiger partial charge on any atom is -0.454 e. The van der Waals surface area contributed by atoms with Crippen molar-refractivity contribution in [2.75, 3.05) is 0 Å². The van der Waals surface area contributed by atoms with E-state index in [-0.39, 0.29) is 28.6 Å². The molecule has 0 aromatic rings. The number of carbonyl (C=O) groups excluding carboxylic acids is 2. The second-order valence-corrected chi connectivity index (χ2v) is 13.1. The summed E-state index contributed by atoms with van der Waals surface area (Å²) in [5.41, 5.74) is 0.423. The summed E-state index contributed by atoms with van der Waals surface area (Å²) < 4.78 is 5.83. The number of esters is 1. The van der Waals surface area contributed by atoms with E-state index in [9.17, 15) is 9.59 Å². The molecule has 0 saturated heterocycles. The van der Waals surface area contributed by atoms with Gasteiger partial charge in [-0.25, -0.2) is 0 Å². The molecule has 0 aromatic heterocycles. The van der Waals surface area contributed by atoms with Crippen LogP contribution in [0.5, 0.6) is 0 Å². The summed E-state index contributed by atoms with van der Waals surface area (Å²) in [5.74, 6) is 3.56. The molecule has 4 aliphatic carbocycles. The highest BCUT2D eigenvalue weighted by Gasteiger charge is 2.65. The molecule has 0 radical (unpaired) electrons. The molecule has 0 spiro atoms. The number of carbonyl (C=O) groups is 2. The third-order valence-electron chi connectivity index (χ3n) is 10.9. The Bertz CT molecular complexity index is 713. The van der Waals surface area contributed by atoms with E-state index in [1.54, 1.807) is 0 Å². The maximum atomic E-state index is 14.0. The molecule has 0 bridgehead atoms. The predicted molar refractivity (Wildman–Crippen MR) is 129 cm³/mol. The van der Waals surface area contributed by atoms with Gasteiger partial charge in [0.1, 0.15) is 0 Å². The van der Waals surface area contributed by atoms with E-state index in [0.717, 1.165) is 24.2 Å². The van der Waals surface area contributed by atoms with E-state index in [1.165, 1.54) is 71.1 Å². The van der Waals surface area contributed by atoms with E-state index < -0.39 is 6.10 Å². The van der Waals surface area contributed by atoms with Crippen LogP contribution in [0.2, 0.25) is 0 Å². The topological polar surface area (TPSA) is 43.4 Å². The average Bonchev–Trinajstić information content (AvgIpc) is 3.07. The normalized spacial score (nSPS) is 44.5. The lowest BCUT2D eigenvalue weighted by molar-refractivity contribution is -0.190. The lowest BCUT2D eigenvalue weighted by Gasteiger charge is -2.61. The van der Waals surface area contributed by atoms with Crippen molar-refractivity contribution < 1.29 is 14.3 Å². The first kappa shape index (κ1) is 24.3. The monoisotopic (exact) mass is 444 g/mol. The van der Waals surface area contributed by atoms with Gasteiger partial charge in [-0.15, -0.1) is 0 Å². The zero-order valence-corrected chi connectivity index (χ0v) is 21.6. The van der Waals surface area contributed by atoms with Crippen LogP contribution in [0.25, 0.3) is 0 Å². The molecule has 3 nitrogen and oxygen atoms in total. The Balaban J connectivity index is 1.59. The molecule has 4 fully saturated rings. The fourth-order valence-corrected chi connectivity index (χ4v) is 9.35. The first-order valence-corrected chi connectivity index (χ1v) is 13.8. The maximum Gasteiger partial charge on any atom is 0.303 e. The van der Waals surface area contributed by atoms with Gasteiger partial charge < -0.3 is 4.74 Å². The van der Waals surface area contributed by atoms with Crippen molar-refractivity contribution in [3.05, 3.63) is 0 Å². The second kappa shape index (κ2) is 9.06. The summed E-state index contributed by atoms with van der Waals surface area (Å²) in [7, 11) is 0.